The Morgan fingerprint density at radius 1 is 1.23 bits per heavy atom. The normalized spacial score (nSPS) is 12.7. The minimum atomic E-state index is -1.01. The molecule has 0 radical (unpaired) electrons. The van der Waals surface area contributed by atoms with Crippen LogP contribution in [0.15, 0.2) is 24.3 Å². The summed E-state index contributed by atoms with van der Waals surface area (Å²) >= 11 is 0. The number of rotatable bonds is 4. The molecule has 1 aromatic carbocycles. The summed E-state index contributed by atoms with van der Waals surface area (Å²) in [5.74, 6) is -0.278. The monoisotopic (exact) mass is 306 g/mol. The van der Waals surface area contributed by atoms with E-state index in [9.17, 15) is 14.4 Å². The predicted molar refractivity (Wildman–Crippen MR) is 75.2 cm³/mol. The van der Waals surface area contributed by atoms with Gasteiger partial charge >= 0.3 is 12.0 Å². The lowest BCUT2D eigenvalue weighted by Gasteiger charge is -2.18. The number of ether oxygens (including phenoxy) is 3. The molecule has 1 heterocycles. The molecule has 0 unspecified atom stereocenters. The van der Waals surface area contributed by atoms with Crippen molar-refractivity contribution in [3.05, 3.63) is 29.8 Å². The molecule has 0 aliphatic carbocycles. The summed E-state index contributed by atoms with van der Waals surface area (Å²) in [6, 6.07) is 4.20. The van der Waals surface area contributed by atoms with Crippen molar-refractivity contribution in [3.8, 4) is 11.5 Å². The molecule has 0 aromatic heterocycles. The highest BCUT2D eigenvalue weighted by Gasteiger charge is 2.11. The fourth-order valence-electron chi connectivity index (χ4n) is 1.69. The second kappa shape index (κ2) is 7.11. The van der Waals surface area contributed by atoms with Gasteiger partial charge in [0.05, 0.1) is 0 Å². The number of carbonyl (C=O) groups is 3. The number of carbonyl (C=O) groups excluding carboxylic acids is 3. The third-order valence-electron chi connectivity index (χ3n) is 2.59. The van der Waals surface area contributed by atoms with Crippen molar-refractivity contribution >= 4 is 24.0 Å². The van der Waals surface area contributed by atoms with Gasteiger partial charge in [-0.1, -0.05) is 6.07 Å². The van der Waals surface area contributed by atoms with Crippen molar-refractivity contribution in [2.75, 3.05) is 19.8 Å². The van der Waals surface area contributed by atoms with Gasteiger partial charge in [-0.05, 0) is 23.8 Å². The average molecular weight is 306 g/mol. The van der Waals surface area contributed by atoms with Gasteiger partial charge in [0.2, 0.25) is 0 Å². The fourth-order valence-corrected chi connectivity index (χ4v) is 1.69. The first-order valence-electron chi connectivity index (χ1n) is 6.38. The van der Waals surface area contributed by atoms with E-state index in [-0.39, 0.29) is 0 Å². The molecule has 8 nitrogen and oxygen atoms in total. The SMILES string of the molecule is NC(=O)NC(=O)COC(=O)/C=C/c1ccc2c(c1)OCCO2. The summed E-state index contributed by atoms with van der Waals surface area (Å²) < 4.78 is 15.4. The Morgan fingerprint density at radius 2 is 1.95 bits per heavy atom. The van der Waals surface area contributed by atoms with Gasteiger partial charge < -0.3 is 19.9 Å². The van der Waals surface area contributed by atoms with Crippen molar-refractivity contribution in [1.29, 1.82) is 0 Å². The molecular weight excluding hydrogens is 292 g/mol. The Balaban J connectivity index is 1.87. The summed E-state index contributed by atoms with van der Waals surface area (Å²) in [5, 5.41) is 1.77. The Hall–Kier alpha value is -3.03. The Labute approximate surface area is 125 Å². The minimum Gasteiger partial charge on any atom is -0.486 e. The molecule has 22 heavy (non-hydrogen) atoms. The van der Waals surface area contributed by atoms with Crippen LogP contribution in [0.1, 0.15) is 5.56 Å². The number of hydrogen-bond donors (Lipinski definition) is 2. The van der Waals surface area contributed by atoms with Gasteiger partial charge in [-0.15, -0.1) is 0 Å². The summed E-state index contributed by atoms with van der Waals surface area (Å²) in [6.07, 6.45) is 2.66. The Kier molecular flexibility index (Phi) is 4.97. The maximum atomic E-state index is 11.4. The zero-order chi connectivity index (χ0) is 15.9. The third kappa shape index (κ3) is 4.51. The lowest BCUT2D eigenvalue weighted by Crippen LogP contribution is -2.37. The first-order chi connectivity index (χ1) is 10.5. The summed E-state index contributed by atoms with van der Waals surface area (Å²) in [4.78, 5) is 32.9. The van der Waals surface area contributed by atoms with E-state index >= 15 is 0 Å². The van der Waals surface area contributed by atoms with E-state index in [0.29, 0.717) is 30.3 Å². The van der Waals surface area contributed by atoms with Crippen molar-refractivity contribution in [1.82, 2.24) is 5.32 Å². The number of benzene rings is 1. The maximum Gasteiger partial charge on any atom is 0.331 e. The highest BCUT2D eigenvalue weighted by molar-refractivity contribution is 5.95. The zero-order valence-electron chi connectivity index (χ0n) is 11.5. The molecule has 3 N–H and O–H groups in total. The molecule has 116 valence electrons. The van der Waals surface area contributed by atoms with E-state index in [0.717, 1.165) is 6.08 Å². The van der Waals surface area contributed by atoms with Crippen LogP contribution in [0.4, 0.5) is 4.79 Å². The van der Waals surface area contributed by atoms with Crippen molar-refractivity contribution in [2.45, 2.75) is 0 Å². The molecule has 1 aromatic rings. The van der Waals surface area contributed by atoms with Crippen LogP contribution in [0.3, 0.4) is 0 Å². The van der Waals surface area contributed by atoms with E-state index < -0.39 is 24.5 Å². The topological polar surface area (TPSA) is 117 Å². The second-order valence-electron chi connectivity index (χ2n) is 4.26. The molecule has 0 fully saturated rings. The molecule has 0 spiro atoms. The Bertz CT molecular complexity index is 626. The molecule has 0 bridgehead atoms. The van der Waals surface area contributed by atoms with Gasteiger partial charge in [0.25, 0.3) is 5.91 Å². The fraction of sp³-hybridized carbons (Fsp3) is 0.214. The largest absolute Gasteiger partial charge is 0.486 e. The zero-order valence-corrected chi connectivity index (χ0v) is 11.5. The quantitative estimate of drug-likeness (QED) is 0.606. The molecule has 0 saturated heterocycles. The number of hydrogen-bond acceptors (Lipinski definition) is 6. The van der Waals surface area contributed by atoms with Crippen LogP contribution in [0.25, 0.3) is 6.08 Å². The lowest BCUT2D eigenvalue weighted by molar-refractivity contribution is -0.143. The van der Waals surface area contributed by atoms with Crippen LogP contribution >= 0.6 is 0 Å². The number of urea groups is 1. The minimum absolute atomic E-state index is 0.469. The van der Waals surface area contributed by atoms with Crippen molar-refractivity contribution < 1.29 is 28.6 Å². The van der Waals surface area contributed by atoms with E-state index in [4.69, 9.17) is 15.2 Å². The van der Waals surface area contributed by atoms with Crippen LogP contribution in [-0.4, -0.2) is 37.7 Å². The van der Waals surface area contributed by atoms with Crippen molar-refractivity contribution in [3.63, 3.8) is 0 Å². The maximum absolute atomic E-state index is 11.4. The number of nitrogens with two attached hydrogens (primary N) is 1. The van der Waals surface area contributed by atoms with Crippen LogP contribution in [0, 0.1) is 0 Å². The van der Waals surface area contributed by atoms with Crippen molar-refractivity contribution in [2.24, 2.45) is 5.73 Å². The molecule has 8 heteroatoms. The molecular formula is C14H14N2O6. The predicted octanol–water partition coefficient (Wildman–Crippen LogP) is 0.209. The standard InChI is InChI=1S/C14H14N2O6/c15-14(19)16-12(17)8-22-13(18)4-2-9-1-3-10-11(7-9)21-6-5-20-10/h1-4,7H,5-6,8H2,(H3,15,16,17,19)/b4-2+. The van der Waals surface area contributed by atoms with Gasteiger partial charge in [0.1, 0.15) is 13.2 Å². The van der Waals surface area contributed by atoms with E-state index in [1.807, 2.05) is 0 Å². The van der Waals surface area contributed by atoms with E-state index in [1.165, 1.54) is 6.08 Å². The molecule has 1 aliphatic rings. The van der Waals surface area contributed by atoms with Crippen LogP contribution in [0.5, 0.6) is 11.5 Å². The van der Waals surface area contributed by atoms with Gasteiger partial charge in [-0.25, -0.2) is 9.59 Å². The van der Waals surface area contributed by atoms with Gasteiger partial charge in [0.15, 0.2) is 18.1 Å². The van der Waals surface area contributed by atoms with Gasteiger partial charge in [-0.3, -0.25) is 10.1 Å². The second-order valence-corrected chi connectivity index (χ2v) is 4.26. The highest BCUT2D eigenvalue weighted by Crippen LogP contribution is 2.31. The van der Waals surface area contributed by atoms with E-state index in [2.05, 4.69) is 4.74 Å². The van der Waals surface area contributed by atoms with E-state index in [1.54, 1.807) is 23.5 Å². The number of fused-ring (bicyclic) bond motifs is 1. The van der Waals surface area contributed by atoms with Gasteiger partial charge in [0, 0.05) is 6.08 Å². The highest BCUT2D eigenvalue weighted by atomic mass is 16.6. The Morgan fingerprint density at radius 3 is 2.68 bits per heavy atom. The van der Waals surface area contributed by atoms with Gasteiger partial charge in [-0.2, -0.15) is 0 Å². The summed E-state index contributed by atoms with van der Waals surface area (Å²) in [6.45, 7) is 0.381. The lowest BCUT2D eigenvalue weighted by atomic mass is 10.2. The number of imide groups is 1. The number of primary amides is 1. The number of nitrogens with one attached hydrogen (secondary N) is 1. The average Bonchev–Trinajstić information content (AvgIpc) is 2.50. The molecule has 0 saturated carbocycles. The molecule has 1 aliphatic heterocycles. The molecule has 2 rings (SSSR count). The third-order valence-corrected chi connectivity index (χ3v) is 2.59. The van der Waals surface area contributed by atoms with Crippen LogP contribution in [0.2, 0.25) is 0 Å². The summed E-state index contributed by atoms with van der Waals surface area (Å²) in [7, 11) is 0. The van der Waals surface area contributed by atoms with Crippen LogP contribution in [-0.2, 0) is 14.3 Å². The smallest absolute Gasteiger partial charge is 0.331 e. The molecule has 3 amide bonds. The first kappa shape index (κ1) is 15.4. The number of esters is 1. The number of amides is 3. The summed E-state index contributed by atoms with van der Waals surface area (Å²) in [5.41, 5.74) is 5.45. The first-order valence-corrected chi connectivity index (χ1v) is 6.38. The molecule has 0 atom stereocenters. The van der Waals surface area contributed by atoms with Crippen LogP contribution < -0.4 is 20.5 Å².